The van der Waals surface area contributed by atoms with Crippen molar-refractivity contribution in [3.05, 3.63) is 17.5 Å². The van der Waals surface area contributed by atoms with Crippen LogP contribution >= 0.6 is 0 Å². The van der Waals surface area contributed by atoms with Gasteiger partial charge in [0.1, 0.15) is 5.76 Å². The van der Waals surface area contributed by atoms with Crippen molar-refractivity contribution in [3.63, 3.8) is 0 Å². The number of carbonyl (C=O) groups excluding carboxylic acids is 2. The topological polar surface area (TPSA) is 108 Å². The summed E-state index contributed by atoms with van der Waals surface area (Å²) >= 11 is 0. The van der Waals surface area contributed by atoms with Gasteiger partial charge in [0, 0.05) is 44.2 Å². The summed E-state index contributed by atoms with van der Waals surface area (Å²) in [5.41, 5.74) is 0.340. The molecule has 0 aromatic carbocycles. The zero-order valence-corrected chi connectivity index (χ0v) is 14.8. The summed E-state index contributed by atoms with van der Waals surface area (Å²) in [5, 5.41) is 19.7. The van der Waals surface area contributed by atoms with Gasteiger partial charge in [-0.1, -0.05) is 5.16 Å². The summed E-state index contributed by atoms with van der Waals surface area (Å²) in [6.45, 7) is 2.44. The van der Waals surface area contributed by atoms with Gasteiger partial charge in [-0.25, -0.2) is 0 Å². The van der Waals surface area contributed by atoms with Gasteiger partial charge in [0.25, 0.3) is 5.91 Å². The predicted molar refractivity (Wildman–Crippen MR) is 92.5 cm³/mol. The summed E-state index contributed by atoms with van der Waals surface area (Å²) in [7, 11) is 0. The highest BCUT2D eigenvalue weighted by molar-refractivity contribution is 5.92. The molecule has 3 heterocycles. The zero-order chi connectivity index (χ0) is 18.1. The molecular weight excluding hydrogens is 336 g/mol. The number of aliphatic hydroxyl groups is 1. The number of carbonyl (C=O) groups is 2. The molecule has 2 atom stereocenters. The first-order valence-corrected chi connectivity index (χ1v) is 9.55. The molecule has 2 aliphatic heterocycles. The Morgan fingerprint density at radius 3 is 2.69 bits per heavy atom. The van der Waals surface area contributed by atoms with Crippen LogP contribution in [0, 0.1) is 5.92 Å². The van der Waals surface area contributed by atoms with Gasteiger partial charge >= 0.3 is 0 Å². The highest BCUT2D eigenvalue weighted by Gasteiger charge is 2.33. The number of β-amino-alcohol motifs (C(OH)–C–C–N with tert-alkyl or cyclic N) is 1. The van der Waals surface area contributed by atoms with Gasteiger partial charge in [0.2, 0.25) is 5.91 Å². The van der Waals surface area contributed by atoms with Gasteiger partial charge in [-0.2, -0.15) is 0 Å². The Labute approximate surface area is 152 Å². The largest absolute Gasteiger partial charge is 0.392 e. The fourth-order valence-corrected chi connectivity index (χ4v) is 3.83. The number of piperidine rings is 2. The summed E-state index contributed by atoms with van der Waals surface area (Å²) in [5.74, 6) is 0.988. The standard InChI is InChI=1S/C18H26N4O4/c23-14-7-12(9-19-10-14)18(25)22-5-3-13(4-6-22)20-17(24)15-8-16(26-21-15)11-1-2-11/h8,11-14,19,23H,1-7,9-10H2,(H,20,24). The number of hydrogen-bond acceptors (Lipinski definition) is 6. The molecule has 1 saturated carbocycles. The minimum Gasteiger partial charge on any atom is -0.392 e. The van der Waals surface area contributed by atoms with Crippen molar-refractivity contribution in [1.29, 1.82) is 0 Å². The molecule has 2 unspecified atom stereocenters. The number of hydrogen-bond donors (Lipinski definition) is 3. The molecule has 1 aromatic rings. The van der Waals surface area contributed by atoms with Gasteiger partial charge in [-0.15, -0.1) is 0 Å². The Hall–Kier alpha value is -1.93. The van der Waals surface area contributed by atoms with Crippen LogP contribution in [-0.2, 0) is 4.79 Å². The van der Waals surface area contributed by atoms with E-state index < -0.39 is 6.10 Å². The molecule has 8 heteroatoms. The average Bonchev–Trinajstić information content (AvgIpc) is 3.38. The molecule has 4 rings (SSSR count). The summed E-state index contributed by atoms with van der Waals surface area (Å²) in [6, 6.07) is 1.79. The van der Waals surface area contributed by atoms with Crippen LogP contribution in [0.4, 0.5) is 0 Å². The van der Waals surface area contributed by atoms with Crippen LogP contribution in [0.3, 0.4) is 0 Å². The quantitative estimate of drug-likeness (QED) is 0.708. The summed E-state index contributed by atoms with van der Waals surface area (Å²) < 4.78 is 5.23. The molecule has 142 valence electrons. The molecule has 1 aliphatic carbocycles. The van der Waals surface area contributed by atoms with E-state index in [1.54, 1.807) is 6.07 Å². The maximum absolute atomic E-state index is 12.6. The van der Waals surface area contributed by atoms with Crippen LogP contribution in [0.25, 0.3) is 0 Å². The molecular formula is C18H26N4O4. The average molecular weight is 362 g/mol. The lowest BCUT2D eigenvalue weighted by molar-refractivity contribution is -0.138. The van der Waals surface area contributed by atoms with Gasteiger partial charge in [0.15, 0.2) is 5.69 Å². The Balaban J connectivity index is 1.25. The van der Waals surface area contributed by atoms with Crippen molar-refractivity contribution >= 4 is 11.8 Å². The van der Waals surface area contributed by atoms with Crippen molar-refractivity contribution in [2.45, 2.75) is 50.2 Å². The van der Waals surface area contributed by atoms with E-state index in [4.69, 9.17) is 4.52 Å². The fraction of sp³-hybridized carbons (Fsp3) is 0.722. The third kappa shape index (κ3) is 3.91. The van der Waals surface area contributed by atoms with Crippen molar-refractivity contribution in [2.24, 2.45) is 5.92 Å². The molecule has 0 spiro atoms. The first-order chi connectivity index (χ1) is 12.6. The number of aromatic nitrogens is 1. The number of rotatable bonds is 4. The Bertz CT molecular complexity index is 664. The number of amides is 2. The fourth-order valence-electron chi connectivity index (χ4n) is 3.83. The lowest BCUT2D eigenvalue weighted by Crippen LogP contribution is -2.51. The maximum atomic E-state index is 12.6. The molecule has 1 aromatic heterocycles. The highest BCUT2D eigenvalue weighted by atomic mass is 16.5. The maximum Gasteiger partial charge on any atom is 0.273 e. The first-order valence-electron chi connectivity index (χ1n) is 9.55. The van der Waals surface area contributed by atoms with E-state index in [9.17, 15) is 14.7 Å². The van der Waals surface area contributed by atoms with Crippen LogP contribution in [0.2, 0.25) is 0 Å². The molecule has 3 aliphatic rings. The molecule has 0 bridgehead atoms. The molecule has 2 amide bonds. The summed E-state index contributed by atoms with van der Waals surface area (Å²) in [4.78, 5) is 26.8. The molecule has 3 N–H and O–H groups in total. The smallest absolute Gasteiger partial charge is 0.273 e. The lowest BCUT2D eigenvalue weighted by atomic mass is 9.94. The van der Waals surface area contributed by atoms with Crippen LogP contribution < -0.4 is 10.6 Å². The molecule has 2 saturated heterocycles. The molecule has 3 fully saturated rings. The zero-order valence-electron chi connectivity index (χ0n) is 14.8. The van der Waals surface area contributed by atoms with Crippen molar-refractivity contribution in [2.75, 3.05) is 26.2 Å². The van der Waals surface area contributed by atoms with Crippen LogP contribution in [0.15, 0.2) is 10.6 Å². The number of nitrogens with one attached hydrogen (secondary N) is 2. The van der Waals surface area contributed by atoms with Gasteiger partial charge in [-0.3, -0.25) is 9.59 Å². The molecule has 8 nitrogen and oxygen atoms in total. The van der Waals surface area contributed by atoms with Gasteiger partial charge in [0.05, 0.1) is 12.0 Å². The van der Waals surface area contributed by atoms with Crippen LogP contribution in [0.1, 0.15) is 54.3 Å². The van der Waals surface area contributed by atoms with Crippen molar-refractivity contribution in [1.82, 2.24) is 20.7 Å². The van der Waals surface area contributed by atoms with E-state index in [1.165, 1.54) is 0 Å². The predicted octanol–water partition coefficient (Wildman–Crippen LogP) is 0.243. The van der Waals surface area contributed by atoms with E-state index in [-0.39, 0.29) is 23.8 Å². The van der Waals surface area contributed by atoms with E-state index in [0.717, 1.165) is 31.4 Å². The molecule has 26 heavy (non-hydrogen) atoms. The van der Waals surface area contributed by atoms with Gasteiger partial charge in [-0.05, 0) is 32.1 Å². The van der Waals surface area contributed by atoms with E-state index in [2.05, 4.69) is 15.8 Å². The Morgan fingerprint density at radius 2 is 2.00 bits per heavy atom. The lowest BCUT2D eigenvalue weighted by Gasteiger charge is -2.36. The minimum absolute atomic E-state index is 0.0442. The van der Waals surface area contributed by atoms with Crippen molar-refractivity contribution < 1.29 is 19.2 Å². The first kappa shape index (κ1) is 17.5. The Kier molecular flexibility index (Phi) is 4.95. The number of aliphatic hydroxyl groups excluding tert-OH is 1. The monoisotopic (exact) mass is 362 g/mol. The van der Waals surface area contributed by atoms with E-state index in [1.807, 2.05) is 4.90 Å². The summed E-state index contributed by atoms with van der Waals surface area (Å²) in [6.07, 6.45) is 3.75. The number of nitrogens with zero attached hydrogens (tertiary/aromatic N) is 2. The van der Waals surface area contributed by atoms with Crippen LogP contribution in [0.5, 0.6) is 0 Å². The normalized spacial score (nSPS) is 27.3. The third-order valence-electron chi connectivity index (χ3n) is 5.56. The molecule has 0 radical (unpaired) electrons. The second-order valence-corrected chi connectivity index (χ2v) is 7.71. The minimum atomic E-state index is -0.447. The van der Waals surface area contributed by atoms with Gasteiger partial charge < -0.3 is 25.2 Å². The third-order valence-corrected chi connectivity index (χ3v) is 5.56. The van der Waals surface area contributed by atoms with Crippen molar-refractivity contribution in [3.8, 4) is 0 Å². The van der Waals surface area contributed by atoms with E-state index >= 15 is 0 Å². The second-order valence-electron chi connectivity index (χ2n) is 7.71. The van der Waals surface area contributed by atoms with E-state index in [0.29, 0.717) is 44.2 Å². The SMILES string of the molecule is O=C(NC1CCN(C(=O)C2CNCC(O)C2)CC1)c1cc(C2CC2)on1. The Morgan fingerprint density at radius 1 is 1.23 bits per heavy atom. The van der Waals surface area contributed by atoms with Crippen LogP contribution in [-0.4, -0.2) is 65.3 Å². The highest BCUT2D eigenvalue weighted by Crippen LogP contribution is 2.40. The number of likely N-dealkylation sites (tertiary alicyclic amines) is 1. The second kappa shape index (κ2) is 7.36.